The number of nitrogens with zero attached hydrogens (tertiary/aromatic N) is 2. The van der Waals surface area contributed by atoms with Crippen LogP contribution in [0.4, 0.5) is 0 Å². The molecule has 2 aliphatic heterocycles. The van der Waals surface area contributed by atoms with Gasteiger partial charge in [-0.05, 0) is 70.6 Å². The summed E-state index contributed by atoms with van der Waals surface area (Å²) in [5.74, 6) is 1.08. The van der Waals surface area contributed by atoms with Crippen molar-refractivity contribution < 1.29 is 0 Å². The average molecular weight is 264 g/mol. The number of hydrogen-bond acceptors (Lipinski definition) is 2. The summed E-state index contributed by atoms with van der Waals surface area (Å²) in [7, 11) is 0. The number of likely N-dealkylation sites (tertiary alicyclic amines) is 2. The van der Waals surface area contributed by atoms with Crippen LogP contribution in [-0.2, 0) is 0 Å². The monoisotopic (exact) mass is 264 g/mol. The van der Waals surface area contributed by atoms with E-state index in [-0.39, 0.29) is 0 Å². The third-order valence-electron chi connectivity index (χ3n) is 5.70. The van der Waals surface area contributed by atoms with E-state index in [0.717, 1.165) is 12.0 Å². The lowest BCUT2D eigenvalue weighted by Crippen LogP contribution is -2.47. The molecule has 1 saturated carbocycles. The third-order valence-corrected chi connectivity index (χ3v) is 5.70. The SMILES string of the molecule is C1CCC(CCCN2CCC[C@@H](N3CCCC3)C2)C1. The average Bonchev–Trinajstić information content (AvgIpc) is 3.12. The molecular weight excluding hydrogens is 232 g/mol. The Morgan fingerprint density at radius 3 is 2.37 bits per heavy atom. The molecule has 0 radical (unpaired) electrons. The van der Waals surface area contributed by atoms with Crippen molar-refractivity contribution in [1.82, 2.24) is 9.80 Å². The maximum absolute atomic E-state index is 2.77. The second-order valence-corrected chi connectivity index (χ2v) is 7.13. The van der Waals surface area contributed by atoms with Crippen molar-refractivity contribution in [2.24, 2.45) is 5.92 Å². The van der Waals surface area contributed by atoms with Crippen molar-refractivity contribution in [3.05, 3.63) is 0 Å². The van der Waals surface area contributed by atoms with Crippen LogP contribution in [-0.4, -0.2) is 48.6 Å². The van der Waals surface area contributed by atoms with Crippen molar-refractivity contribution >= 4 is 0 Å². The molecule has 0 spiro atoms. The quantitative estimate of drug-likeness (QED) is 0.749. The van der Waals surface area contributed by atoms with E-state index in [2.05, 4.69) is 9.80 Å². The van der Waals surface area contributed by atoms with Crippen molar-refractivity contribution in [3.63, 3.8) is 0 Å². The fraction of sp³-hybridized carbons (Fsp3) is 1.00. The molecule has 3 aliphatic rings. The third kappa shape index (κ3) is 3.95. The Balaban J connectivity index is 1.35. The van der Waals surface area contributed by atoms with Crippen LogP contribution < -0.4 is 0 Å². The molecule has 0 aromatic heterocycles. The van der Waals surface area contributed by atoms with Gasteiger partial charge in [-0.1, -0.05) is 25.7 Å². The van der Waals surface area contributed by atoms with Crippen molar-refractivity contribution in [2.75, 3.05) is 32.7 Å². The van der Waals surface area contributed by atoms with E-state index in [1.807, 2.05) is 0 Å². The molecule has 2 nitrogen and oxygen atoms in total. The molecule has 2 heteroatoms. The predicted molar refractivity (Wildman–Crippen MR) is 81.5 cm³/mol. The van der Waals surface area contributed by atoms with E-state index in [4.69, 9.17) is 0 Å². The molecule has 3 rings (SSSR count). The molecule has 1 atom stereocenters. The van der Waals surface area contributed by atoms with E-state index in [1.54, 1.807) is 0 Å². The topological polar surface area (TPSA) is 6.48 Å². The smallest absolute Gasteiger partial charge is 0.0223 e. The van der Waals surface area contributed by atoms with E-state index in [9.17, 15) is 0 Å². The molecule has 0 amide bonds. The van der Waals surface area contributed by atoms with Crippen LogP contribution in [0.25, 0.3) is 0 Å². The Morgan fingerprint density at radius 1 is 0.789 bits per heavy atom. The second kappa shape index (κ2) is 7.08. The zero-order valence-corrected chi connectivity index (χ0v) is 12.7. The fourth-order valence-corrected chi connectivity index (χ4v) is 4.54. The van der Waals surface area contributed by atoms with Crippen molar-refractivity contribution in [2.45, 2.75) is 70.3 Å². The Hall–Kier alpha value is -0.0800. The first-order chi connectivity index (χ1) is 9.42. The van der Waals surface area contributed by atoms with Gasteiger partial charge in [0.25, 0.3) is 0 Å². The highest BCUT2D eigenvalue weighted by Gasteiger charge is 2.26. The standard InChI is InChI=1S/C17H32N2/c1-2-8-16(7-1)9-5-11-18-12-6-10-17(15-18)19-13-3-4-14-19/h16-17H,1-15H2/t17-/m1/s1. The van der Waals surface area contributed by atoms with Gasteiger partial charge in [-0.3, -0.25) is 4.90 Å². The Kier molecular flexibility index (Phi) is 5.17. The van der Waals surface area contributed by atoms with Crippen molar-refractivity contribution in [1.29, 1.82) is 0 Å². The lowest BCUT2D eigenvalue weighted by atomic mass is 10.0. The summed E-state index contributed by atoms with van der Waals surface area (Å²) in [5, 5.41) is 0. The maximum atomic E-state index is 2.77. The Labute approximate surface area is 119 Å². The van der Waals surface area contributed by atoms with Gasteiger partial charge in [0, 0.05) is 12.6 Å². The summed E-state index contributed by atoms with van der Waals surface area (Å²) in [4.78, 5) is 5.53. The molecule has 2 heterocycles. The molecular formula is C17H32N2. The molecule has 1 aliphatic carbocycles. The van der Waals surface area contributed by atoms with Crippen LogP contribution in [0, 0.1) is 5.92 Å². The molecule has 0 bridgehead atoms. The van der Waals surface area contributed by atoms with Gasteiger partial charge in [-0.2, -0.15) is 0 Å². The summed E-state index contributed by atoms with van der Waals surface area (Å²) in [6.07, 6.45) is 14.8. The molecule has 0 aromatic rings. The van der Waals surface area contributed by atoms with Crippen LogP contribution in [0.1, 0.15) is 64.2 Å². The first-order valence-electron chi connectivity index (χ1n) is 8.88. The molecule has 110 valence electrons. The largest absolute Gasteiger partial charge is 0.302 e. The number of hydrogen-bond donors (Lipinski definition) is 0. The van der Waals surface area contributed by atoms with E-state index >= 15 is 0 Å². The zero-order chi connectivity index (χ0) is 12.9. The Morgan fingerprint density at radius 2 is 1.58 bits per heavy atom. The highest BCUT2D eigenvalue weighted by atomic mass is 15.2. The second-order valence-electron chi connectivity index (χ2n) is 7.13. The van der Waals surface area contributed by atoms with Gasteiger partial charge in [0.15, 0.2) is 0 Å². The minimum atomic E-state index is 0.891. The Bertz CT molecular complexity index is 254. The molecule has 0 unspecified atom stereocenters. The van der Waals surface area contributed by atoms with Crippen LogP contribution in [0.3, 0.4) is 0 Å². The van der Waals surface area contributed by atoms with Gasteiger partial charge < -0.3 is 4.90 Å². The molecule has 2 saturated heterocycles. The number of piperidine rings is 1. The van der Waals surface area contributed by atoms with Crippen LogP contribution in [0.5, 0.6) is 0 Å². The summed E-state index contributed by atoms with van der Waals surface area (Å²) in [6.45, 7) is 6.86. The zero-order valence-electron chi connectivity index (χ0n) is 12.7. The van der Waals surface area contributed by atoms with Crippen LogP contribution in [0.2, 0.25) is 0 Å². The van der Waals surface area contributed by atoms with E-state index in [1.165, 1.54) is 96.9 Å². The molecule has 19 heavy (non-hydrogen) atoms. The van der Waals surface area contributed by atoms with E-state index in [0.29, 0.717) is 0 Å². The maximum Gasteiger partial charge on any atom is 0.0223 e. The summed E-state index contributed by atoms with van der Waals surface area (Å²) >= 11 is 0. The van der Waals surface area contributed by atoms with Gasteiger partial charge in [-0.15, -0.1) is 0 Å². The minimum absolute atomic E-state index is 0.891. The predicted octanol–water partition coefficient (Wildman–Crippen LogP) is 3.52. The summed E-state index contributed by atoms with van der Waals surface area (Å²) < 4.78 is 0. The molecule has 3 fully saturated rings. The highest BCUT2D eigenvalue weighted by molar-refractivity contribution is 4.83. The van der Waals surface area contributed by atoms with Gasteiger partial charge in [0.1, 0.15) is 0 Å². The van der Waals surface area contributed by atoms with Gasteiger partial charge >= 0.3 is 0 Å². The van der Waals surface area contributed by atoms with Gasteiger partial charge in [0.05, 0.1) is 0 Å². The fourth-order valence-electron chi connectivity index (χ4n) is 4.54. The minimum Gasteiger partial charge on any atom is -0.302 e. The van der Waals surface area contributed by atoms with Crippen LogP contribution in [0.15, 0.2) is 0 Å². The van der Waals surface area contributed by atoms with Crippen LogP contribution >= 0.6 is 0 Å². The summed E-state index contributed by atoms with van der Waals surface area (Å²) in [6, 6.07) is 0.891. The van der Waals surface area contributed by atoms with Crippen molar-refractivity contribution in [3.8, 4) is 0 Å². The molecule has 0 aromatic carbocycles. The van der Waals surface area contributed by atoms with Gasteiger partial charge in [0.2, 0.25) is 0 Å². The summed E-state index contributed by atoms with van der Waals surface area (Å²) in [5.41, 5.74) is 0. The first-order valence-corrected chi connectivity index (χ1v) is 8.88. The highest BCUT2D eigenvalue weighted by Crippen LogP contribution is 2.29. The van der Waals surface area contributed by atoms with E-state index < -0.39 is 0 Å². The number of rotatable bonds is 5. The molecule has 0 N–H and O–H groups in total. The lowest BCUT2D eigenvalue weighted by Gasteiger charge is -2.37. The lowest BCUT2D eigenvalue weighted by molar-refractivity contribution is 0.113. The normalized spacial score (nSPS) is 31.3. The first kappa shape index (κ1) is 13.9. The van der Waals surface area contributed by atoms with Gasteiger partial charge in [-0.25, -0.2) is 0 Å².